The zero-order valence-electron chi connectivity index (χ0n) is 11.7. The number of benzene rings is 2. The van der Waals surface area contributed by atoms with E-state index in [4.69, 9.17) is 0 Å². The first-order valence-corrected chi connectivity index (χ1v) is 6.85. The molecule has 0 aliphatic rings. The van der Waals surface area contributed by atoms with Gasteiger partial charge in [0.25, 0.3) is 0 Å². The summed E-state index contributed by atoms with van der Waals surface area (Å²) in [5.74, 6) is -1.04. The molecule has 3 rings (SSSR count). The number of phenols is 1. The van der Waals surface area contributed by atoms with Crippen LogP contribution in [0, 0.1) is 11.6 Å². The maximum Gasteiger partial charge on any atom is 0.141 e. The second kappa shape index (κ2) is 6.07. The molecule has 112 valence electrons. The average Bonchev–Trinajstić information content (AvgIpc) is 2.49. The fourth-order valence-electron chi connectivity index (χ4n) is 2.43. The first-order valence-electron chi connectivity index (χ1n) is 6.85. The number of halogens is 2. The summed E-state index contributed by atoms with van der Waals surface area (Å²) in [6, 6.07) is 10.5. The van der Waals surface area contributed by atoms with Crippen LogP contribution < -0.4 is 5.32 Å². The predicted octanol–water partition coefficient (Wildman–Crippen LogP) is 3.51. The molecule has 0 saturated heterocycles. The van der Waals surface area contributed by atoms with Crippen molar-refractivity contribution < 1.29 is 13.9 Å². The molecule has 0 bridgehead atoms. The molecule has 0 saturated carbocycles. The SMILES string of the molecule is Oc1ccc(CNCc2cc(F)cc(F)c2)c2cccnc12. The predicted molar refractivity (Wildman–Crippen MR) is 80.3 cm³/mol. The second-order valence-electron chi connectivity index (χ2n) is 5.02. The molecular formula is C17H14F2N2O. The highest BCUT2D eigenvalue weighted by Crippen LogP contribution is 2.25. The lowest BCUT2D eigenvalue weighted by Gasteiger charge is -2.09. The molecule has 0 fully saturated rings. The molecule has 1 aromatic heterocycles. The van der Waals surface area contributed by atoms with Crippen LogP contribution in [0.4, 0.5) is 8.78 Å². The van der Waals surface area contributed by atoms with Gasteiger partial charge in [0.2, 0.25) is 0 Å². The van der Waals surface area contributed by atoms with E-state index in [9.17, 15) is 13.9 Å². The van der Waals surface area contributed by atoms with Crippen LogP contribution in [0.3, 0.4) is 0 Å². The van der Waals surface area contributed by atoms with E-state index in [1.165, 1.54) is 12.1 Å². The summed E-state index contributed by atoms with van der Waals surface area (Å²) < 4.78 is 26.3. The number of pyridine rings is 1. The van der Waals surface area contributed by atoms with Gasteiger partial charge in [-0.2, -0.15) is 0 Å². The van der Waals surface area contributed by atoms with Crippen molar-refractivity contribution in [2.45, 2.75) is 13.1 Å². The van der Waals surface area contributed by atoms with Gasteiger partial charge in [0, 0.05) is 30.7 Å². The van der Waals surface area contributed by atoms with Crippen LogP contribution in [0.1, 0.15) is 11.1 Å². The lowest BCUT2D eigenvalue weighted by atomic mass is 10.1. The Kier molecular flexibility index (Phi) is 3.98. The standard InChI is InChI=1S/C17H14F2N2O/c18-13-6-11(7-14(19)8-13)9-20-10-12-3-4-16(22)17-15(12)2-1-5-21-17/h1-8,20,22H,9-10H2. The molecule has 2 aromatic carbocycles. The minimum atomic E-state index is -0.587. The van der Waals surface area contributed by atoms with Crippen LogP contribution >= 0.6 is 0 Å². The van der Waals surface area contributed by atoms with E-state index in [0.717, 1.165) is 17.0 Å². The van der Waals surface area contributed by atoms with Crippen LogP contribution in [-0.4, -0.2) is 10.1 Å². The normalized spacial score (nSPS) is 11.0. The van der Waals surface area contributed by atoms with E-state index >= 15 is 0 Å². The largest absolute Gasteiger partial charge is 0.506 e. The van der Waals surface area contributed by atoms with Gasteiger partial charge >= 0.3 is 0 Å². The molecular weight excluding hydrogens is 286 g/mol. The molecule has 0 radical (unpaired) electrons. The zero-order chi connectivity index (χ0) is 15.5. The third-order valence-electron chi connectivity index (χ3n) is 3.41. The number of hydrogen-bond donors (Lipinski definition) is 2. The van der Waals surface area contributed by atoms with Crippen LogP contribution in [0.15, 0.2) is 48.7 Å². The summed E-state index contributed by atoms with van der Waals surface area (Å²) in [5.41, 5.74) is 2.04. The number of nitrogens with one attached hydrogen (secondary N) is 1. The Morgan fingerprint density at radius 3 is 2.55 bits per heavy atom. The number of phenolic OH excluding ortho intramolecular Hbond substituents is 1. The number of rotatable bonds is 4. The number of fused-ring (bicyclic) bond motifs is 1. The minimum Gasteiger partial charge on any atom is -0.506 e. The Morgan fingerprint density at radius 2 is 1.77 bits per heavy atom. The molecule has 3 aromatic rings. The van der Waals surface area contributed by atoms with Gasteiger partial charge in [-0.05, 0) is 35.4 Å². The van der Waals surface area contributed by atoms with Gasteiger partial charge in [-0.3, -0.25) is 4.98 Å². The smallest absolute Gasteiger partial charge is 0.141 e. The van der Waals surface area contributed by atoms with E-state index in [1.807, 2.05) is 6.07 Å². The molecule has 22 heavy (non-hydrogen) atoms. The molecule has 0 aliphatic heterocycles. The third-order valence-corrected chi connectivity index (χ3v) is 3.41. The Hall–Kier alpha value is -2.53. The molecule has 0 atom stereocenters. The quantitative estimate of drug-likeness (QED) is 0.775. The first-order chi connectivity index (χ1) is 10.6. The highest BCUT2D eigenvalue weighted by atomic mass is 19.1. The average molecular weight is 300 g/mol. The van der Waals surface area contributed by atoms with Crippen molar-refractivity contribution in [2.24, 2.45) is 0 Å². The molecule has 0 spiro atoms. The maximum atomic E-state index is 13.1. The van der Waals surface area contributed by atoms with Crippen molar-refractivity contribution in [1.82, 2.24) is 10.3 Å². The Morgan fingerprint density at radius 1 is 1.00 bits per heavy atom. The fourth-order valence-corrected chi connectivity index (χ4v) is 2.43. The lowest BCUT2D eigenvalue weighted by Crippen LogP contribution is -2.13. The minimum absolute atomic E-state index is 0.131. The summed E-state index contributed by atoms with van der Waals surface area (Å²) >= 11 is 0. The van der Waals surface area contributed by atoms with Gasteiger partial charge in [0.05, 0.1) is 0 Å². The lowest BCUT2D eigenvalue weighted by molar-refractivity contribution is 0.480. The molecule has 0 amide bonds. The monoisotopic (exact) mass is 300 g/mol. The zero-order valence-corrected chi connectivity index (χ0v) is 11.7. The molecule has 0 unspecified atom stereocenters. The van der Waals surface area contributed by atoms with E-state index in [1.54, 1.807) is 24.4 Å². The number of nitrogens with zero attached hydrogens (tertiary/aromatic N) is 1. The van der Waals surface area contributed by atoms with Crippen molar-refractivity contribution >= 4 is 10.9 Å². The van der Waals surface area contributed by atoms with Crippen LogP contribution in [0.25, 0.3) is 10.9 Å². The molecule has 1 heterocycles. The van der Waals surface area contributed by atoms with Crippen molar-refractivity contribution in [3.8, 4) is 5.75 Å². The molecule has 3 nitrogen and oxygen atoms in total. The van der Waals surface area contributed by atoms with Gasteiger partial charge in [-0.15, -0.1) is 0 Å². The van der Waals surface area contributed by atoms with E-state index in [2.05, 4.69) is 10.3 Å². The molecule has 2 N–H and O–H groups in total. The van der Waals surface area contributed by atoms with Gasteiger partial charge in [0.1, 0.15) is 22.9 Å². The van der Waals surface area contributed by atoms with Crippen molar-refractivity contribution in [1.29, 1.82) is 0 Å². The molecule has 0 aliphatic carbocycles. The van der Waals surface area contributed by atoms with E-state index in [0.29, 0.717) is 24.2 Å². The third kappa shape index (κ3) is 3.04. The summed E-state index contributed by atoms with van der Waals surface area (Å²) in [4.78, 5) is 4.15. The van der Waals surface area contributed by atoms with Gasteiger partial charge in [-0.25, -0.2) is 8.78 Å². The first kappa shape index (κ1) is 14.4. The number of hydrogen-bond acceptors (Lipinski definition) is 3. The maximum absolute atomic E-state index is 13.1. The summed E-state index contributed by atoms with van der Waals surface area (Å²) in [7, 11) is 0. The van der Waals surface area contributed by atoms with Crippen LogP contribution in [-0.2, 0) is 13.1 Å². The van der Waals surface area contributed by atoms with E-state index in [-0.39, 0.29) is 5.75 Å². The fraction of sp³-hybridized carbons (Fsp3) is 0.118. The van der Waals surface area contributed by atoms with Crippen LogP contribution in [0.5, 0.6) is 5.75 Å². The Bertz CT molecular complexity index is 801. The summed E-state index contributed by atoms with van der Waals surface area (Å²) in [5, 5.41) is 13.8. The van der Waals surface area contributed by atoms with Gasteiger partial charge in [0.15, 0.2) is 0 Å². The van der Waals surface area contributed by atoms with E-state index < -0.39 is 11.6 Å². The van der Waals surface area contributed by atoms with Gasteiger partial charge in [-0.1, -0.05) is 12.1 Å². The Labute approximate surface area is 126 Å². The number of aromatic hydroxyl groups is 1. The summed E-state index contributed by atoms with van der Waals surface area (Å²) in [6.45, 7) is 0.845. The second-order valence-corrected chi connectivity index (χ2v) is 5.02. The van der Waals surface area contributed by atoms with Crippen molar-refractivity contribution in [3.05, 3.63) is 71.4 Å². The van der Waals surface area contributed by atoms with Gasteiger partial charge < -0.3 is 10.4 Å². The number of aromatic nitrogens is 1. The Balaban J connectivity index is 1.76. The summed E-state index contributed by atoms with van der Waals surface area (Å²) in [6.07, 6.45) is 1.62. The molecule has 5 heteroatoms. The van der Waals surface area contributed by atoms with Crippen molar-refractivity contribution in [2.75, 3.05) is 0 Å². The van der Waals surface area contributed by atoms with Crippen molar-refractivity contribution in [3.63, 3.8) is 0 Å². The topological polar surface area (TPSA) is 45.1 Å². The highest BCUT2D eigenvalue weighted by Gasteiger charge is 2.06. The highest BCUT2D eigenvalue weighted by molar-refractivity contribution is 5.87. The van der Waals surface area contributed by atoms with Crippen LogP contribution in [0.2, 0.25) is 0 Å².